The molecule has 3 aromatic carbocycles. The molecule has 0 aliphatic heterocycles. The van der Waals surface area contributed by atoms with E-state index in [0.29, 0.717) is 11.2 Å². The average Bonchev–Trinajstić information content (AvgIpc) is 2.78. The van der Waals surface area contributed by atoms with Crippen LogP contribution in [-0.4, -0.2) is 9.94 Å². The molecule has 6 heteroatoms. The molecule has 0 fully saturated rings. The number of anilines is 1. The van der Waals surface area contributed by atoms with Gasteiger partial charge < -0.3 is 14.2 Å². The molecule has 0 radical (unpaired) electrons. The van der Waals surface area contributed by atoms with Crippen LogP contribution in [0.1, 0.15) is 5.56 Å². The van der Waals surface area contributed by atoms with Gasteiger partial charge in [0.1, 0.15) is 11.5 Å². The smallest absolute Gasteiger partial charge is 0.166 e. The molecule has 0 atom stereocenters. The van der Waals surface area contributed by atoms with Crippen LogP contribution in [0.15, 0.2) is 108 Å². The summed E-state index contributed by atoms with van der Waals surface area (Å²) in [6.45, 7) is 0.640. The molecule has 30 heavy (non-hydrogen) atoms. The van der Waals surface area contributed by atoms with Gasteiger partial charge in [0.25, 0.3) is 0 Å². The molecule has 1 heterocycles. The first-order valence-corrected chi connectivity index (χ1v) is 10.6. The zero-order valence-corrected chi connectivity index (χ0v) is 17.7. The van der Waals surface area contributed by atoms with Gasteiger partial charge in [-0.2, -0.15) is 4.73 Å². The molecular weight excluding hydrogens is 412 g/mol. The molecule has 150 valence electrons. The lowest BCUT2D eigenvalue weighted by Gasteiger charge is -2.24. The molecule has 0 aliphatic rings. The highest BCUT2D eigenvalue weighted by molar-refractivity contribution is 8.00. The molecule has 0 spiro atoms. The fourth-order valence-electron chi connectivity index (χ4n) is 2.90. The number of hydrogen-bond donors (Lipinski definition) is 1. The summed E-state index contributed by atoms with van der Waals surface area (Å²) in [5.74, 6) is 1.58. The monoisotopic (exact) mass is 432 g/mol. The lowest BCUT2D eigenvalue weighted by atomic mass is 10.2. The van der Waals surface area contributed by atoms with Gasteiger partial charge in [0.05, 0.1) is 12.2 Å². The molecule has 0 unspecified atom stereocenters. The van der Waals surface area contributed by atoms with E-state index in [0.717, 1.165) is 32.4 Å². The first-order chi connectivity index (χ1) is 14.7. The summed E-state index contributed by atoms with van der Waals surface area (Å²) in [6.07, 6.45) is 1.53. The summed E-state index contributed by atoms with van der Waals surface area (Å²) < 4.78 is 9.30. The normalized spacial score (nSPS) is 10.5. The molecule has 1 N–H and O–H groups in total. The largest absolute Gasteiger partial charge is 0.457 e. The second-order valence-corrected chi connectivity index (χ2v) is 8.02. The summed E-state index contributed by atoms with van der Waals surface area (Å²) in [7, 11) is 0. The third-order valence-electron chi connectivity index (χ3n) is 4.36. The van der Waals surface area contributed by atoms with Crippen molar-refractivity contribution in [2.75, 3.05) is 4.31 Å². The van der Waals surface area contributed by atoms with E-state index in [9.17, 15) is 5.21 Å². The maximum Gasteiger partial charge on any atom is 0.166 e. The molecule has 4 aromatic rings. The van der Waals surface area contributed by atoms with E-state index < -0.39 is 0 Å². The van der Waals surface area contributed by atoms with Crippen LogP contribution in [0.25, 0.3) is 0 Å². The number of hydrogen-bond acceptors (Lipinski definition) is 5. The molecule has 4 nitrogen and oxygen atoms in total. The second-order valence-electron chi connectivity index (χ2n) is 6.54. The van der Waals surface area contributed by atoms with Crippen molar-refractivity contribution >= 4 is 29.9 Å². The van der Waals surface area contributed by atoms with E-state index in [1.54, 1.807) is 18.0 Å². The van der Waals surface area contributed by atoms with Crippen LogP contribution in [0.5, 0.6) is 11.5 Å². The number of ether oxygens (including phenoxy) is 1. The van der Waals surface area contributed by atoms with Crippen LogP contribution < -0.4 is 9.04 Å². The summed E-state index contributed by atoms with van der Waals surface area (Å²) in [6, 6.07) is 31.5. The van der Waals surface area contributed by atoms with Gasteiger partial charge in [-0.25, -0.2) is 0 Å². The van der Waals surface area contributed by atoms with Crippen LogP contribution in [-0.2, 0) is 6.54 Å². The average molecular weight is 433 g/mol. The van der Waals surface area contributed by atoms with Gasteiger partial charge in [-0.05, 0) is 66.0 Å². The standard InChI is InChI=1S/C24H20N2O2S2/c27-25-17-7-12-23(24(25)29)26(18-19-8-3-1-4-9-19)30-22-15-13-21(14-16-22)28-20-10-5-2-6-11-20/h1-17,27H,18H2. The predicted molar refractivity (Wildman–Crippen MR) is 124 cm³/mol. The minimum absolute atomic E-state index is 0.366. The van der Waals surface area contributed by atoms with E-state index in [4.69, 9.17) is 17.0 Å². The van der Waals surface area contributed by atoms with Gasteiger partial charge in [-0.1, -0.05) is 60.7 Å². The van der Waals surface area contributed by atoms with Crippen molar-refractivity contribution in [1.82, 2.24) is 4.73 Å². The first kappa shape index (κ1) is 20.1. The lowest BCUT2D eigenvalue weighted by molar-refractivity contribution is 0.181. The zero-order chi connectivity index (χ0) is 20.8. The molecule has 0 aliphatic carbocycles. The fourth-order valence-corrected chi connectivity index (χ4v) is 4.17. The van der Waals surface area contributed by atoms with Crippen LogP contribution in [0.2, 0.25) is 0 Å². The van der Waals surface area contributed by atoms with Gasteiger partial charge in [0.2, 0.25) is 0 Å². The second kappa shape index (κ2) is 9.52. The van der Waals surface area contributed by atoms with Crippen LogP contribution in [0.3, 0.4) is 0 Å². The highest BCUT2D eigenvalue weighted by atomic mass is 32.2. The number of pyridine rings is 1. The van der Waals surface area contributed by atoms with Gasteiger partial charge in [-0.3, -0.25) is 0 Å². The van der Waals surface area contributed by atoms with Crippen LogP contribution in [0, 0.1) is 4.64 Å². The fraction of sp³-hybridized carbons (Fsp3) is 0.0417. The van der Waals surface area contributed by atoms with Crippen LogP contribution in [0.4, 0.5) is 5.69 Å². The van der Waals surface area contributed by atoms with Crippen molar-refractivity contribution in [3.05, 3.63) is 113 Å². The predicted octanol–water partition coefficient (Wildman–Crippen LogP) is 6.96. The summed E-state index contributed by atoms with van der Waals surface area (Å²) >= 11 is 6.99. The van der Waals surface area contributed by atoms with E-state index >= 15 is 0 Å². The molecule has 1 aromatic heterocycles. The highest BCUT2D eigenvalue weighted by Gasteiger charge is 2.13. The molecule has 0 bridgehead atoms. The zero-order valence-electron chi connectivity index (χ0n) is 16.1. The van der Waals surface area contributed by atoms with Crippen molar-refractivity contribution in [2.45, 2.75) is 11.4 Å². The number of benzene rings is 3. The van der Waals surface area contributed by atoms with E-state index in [-0.39, 0.29) is 0 Å². The number of aromatic nitrogens is 1. The Morgan fingerprint density at radius 1 is 0.800 bits per heavy atom. The molecular formula is C24H20N2O2S2. The van der Waals surface area contributed by atoms with Gasteiger partial charge >= 0.3 is 0 Å². The summed E-state index contributed by atoms with van der Waals surface area (Å²) in [5.41, 5.74) is 1.92. The third-order valence-corrected chi connectivity index (χ3v) is 5.79. The van der Waals surface area contributed by atoms with Gasteiger partial charge in [0, 0.05) is 11.1 Å². The Labute approximate surface area is 185 Å². The minimum Gasteiger partial charge on any atom is -0.457 e. The molecule has 0 saturated heterocycles. The Balaban J connectivity index is 1.57. The van der Waals surface area contributed by atoms with E-state index in [2.05, 4.69) is 16.4 Å². The topological polar surface area (TPSA) is 37.6 Å². The van der Waals surface area contributed by atoms with E-state index in [1.165, 1.54) is 6.20 Å². The maximum absolute atomic E-state index is 10.0. The van der Waals surface area contributed by atoms with Gasteiger partial charge in [-0.15, -0.1) is 0 Å². The molecule has 0 saturated carbocycles. The van der Waals surface area contributed by atoms with Crippen molar-refractivity contribution in [1.29, 1.82) is 0 Å². The van der Waals surface area contributed by atoms with Crippen molar-refractivity contribution in [2.24, 2.45) is 0 Å². The quantitative estimate of drug-likeness (QED) is 0.194. The Hall–Kier alpha value is -3.22. The maximum atomic E-state index is 10.0. The number of nitrogens with zero attached hydrogens (tertiary/aromatic N) is 2. The first-order valence-electron chi connectivity index (χ1n) is 9.42. The number of para-hydroxylation sites is 1. The minimum atomic E-state index is 0.366. The molecule has 0 amide bonds. The van der Waals surface area contributed by atoms with Crippen molar-refractivity contribution in [3.8, 4) is 11.5 Å². The van der Waals surface area contributed by atoms with Crippen molar-refractivity contribution in [3.63, 3.8) is 0 Å². The van der Waals surface area contributed by atoms with E-state index in [1.807, 2.05) is 78.9 Å². The molecule has 4 rings (SSSR count). The summed E-state index contributed by atoms with van der Waals surface area (Å²) in [5, 5.41) is 10.0. The van der Waals surface area contributed by atoms with Gasteiger partial charge in [0.15, 0.2) is 4.64 Å². The Kier molecular flexibility index (Phi) is 6.37. The van der Waals surface area contributed by atoms with Crippen molar-refractivity contribution < 1.29 is 9.94 Å². The Morgan fingerprint density at radius 3 is 2.13 bits per heavy atom. The highest BCUT2D eigenvalue weighted by Crippen LogP contribution is 2.33. The Morgan fingerprint density at radius 2 is 1.43 bits per heavy atom. The number of rotatable bonds is 7. The lowest BCUT2D eigenvalue weighted by Crippen LogP contribution is -2.15. The van der Waals surface area contributed by atoms with Crippen LogP contribution >= 0.6 is 24.2 Å². The SMILES string of the molecule is On1cccc(N(Cc2ccccc2)Sc2ccc(Oc3ccccc3)cc2)c1=S. The third kappa shape index (κ3) is 5.03. The summed E-state index contributed by atoms with van der Waals surface area (Å²) in [4.78, 5) is 1.04. The Bertz CT molecular complexity index is 1150.